The minimum atomic E-state index is -0.224. The second kappa shape index (κ2) is 6.40. The number of rotatable bonds is 4. The molecule has 3 aromatic rings. The predicted molar refractivity (Wildman–Crippen MR) is 97.8 cm³/mol. The largest absolute Gasteiger partial charge is 0.293 e. The molecule has 0 radical (unpaired) electrons. The Morgan fingerprint density at radius 2 is 1.79 bits per heavy atom. The normalized spacial score (nSPS) is 13.2. The molecule has 0 bridgehead atoms. The summed E-state index contributed by atoms with van der Waals surface area (Å²) in [5, 5.41) is 8.81. The Morgan fingerprint density at radius 1 is 1.08 bits per heavy atom. The third kappa shape index (κ3) is 3.36. The molecule has 3 rings (SSSR count). The number of Topliss-reactive ketones (excluding diaryl/α,β-unsaturated/α-hetero) is 1. The molecule has 0 amide bonds. The number of aromatic nitrogens is 3. The summed E-state index contributed by atoms with van der Waals surface area (Å²) in [6, 6.07) is 13.7. The van der Waals surface area contributed by atoms with E-state index in [4.69, 9.17) is 0 Å². The lowest BCUT2D eigenvalue weighted by Crippen LogP contribution is -2.15. The monoisotopic (exact) mass is 339 g/mol. The number of fused-ring (bicyclic) bond motifs is 1. The fraction of sp³-hybridized carbons (Fsp3) is 0.316. The number of hydrogen-bond acceptors (Lipinski definition) is 4. The third-order valence-corrected chi connectivity index (χ3v) is 5.03. The van der Waals surface area contributed by atoms with E-state index in [1.807, 2.05) is 60.0 Å². The molecule has 24 heavy (non-hydrogen) atoms. The third-order valence-electron chi connectivity index (χ3n) is 3.97. The summed E-state index contributed by atoms with van der Waals surface area (Å²) in [7, 11) is 0. The van der Waals surface area contributed by atoms with Crippen molar-refractivity contribution in [3.8, 4) is 0 Å². The Hall–Kier alpha value is -2.14. The molecule has 1 atom stereocenters. The van der Waals surface area contributed by atoms with E-state index in [0.29, 0.717) is 0 Å². The average molecular weight is 339 g/mol. The van der Waals surface area contributed by atoms with Gasteiger partial charge in [-0.1, -0.05) is 62.9 Å². The van der Waals surface area contributed by atoms with Gasteiger partial charge in [0.05, 0.1) is 5.25 Å². The van der Waals surface area contributed by atoms with Gasteiger partial charge in [0.25, 0.3) is 0 Å². The second-order valence-electron chi connectivity index (χ2n) is 6.86. The van der Waals surface area contributed by atoms with Gasteiger partial charge in [0.15, 0.2) is 16.6 Å². The van der Waals surface area contributed by atoms with Gasteiger partial charge in [-0.25, -0.2) is 0 Å². The van der Waals surface area contributed by atoms with Crippen LogP contribution in [0.1, 0.15) is 43.6 Å². The van der Waals surface area contributed by atoms with Crippen molar-refractivity contribution >= 4 is 23.2 Å². The van der Waals surface area contributed by atoms with E-state index in [2.05, 4.69) is 31.0 Å². The number of benzene rings is 1. The molecule has 2 aromatic heterocycles. The lowest BCUT2D eigenvalue weighted by atomic mass is 9.86. The quantitative estimate of drug-likeness (QED) is 0.522. The minimum Gasteiger partial charge on any atom is -0.293 e. The van der Waals surface area contributed by atoms with E-state index < -0.39 is 0 Å². The van der Waals surface area contributed by atoms with Crippen LogP contribution >= 0.6 is 11.8 Å². The highest BCUT2D eigenvalue weighted by Gasteiger charge is 2.20. The molecule has 1 aromatic carbocycles. The van der Waals surface area contributed by atoms with Crippen LogP contribution in [0.3, 0.4) is 0 Å². The highest BCUT2D eigenvalue weighted by Crippen LogP contribution is 2.26. The average Bonchev–Trinajstić information content (AvgIpc) is 2.96. The minimum absolute atomic E-state index is 0.0857. The van der Waals surface area contributed by atoms with Crippen LogP contribution in [0.15, 0.2) is 53.8 Å². The maximum Gasteiger partial charge on any atom is 0.196 e. The van der Waals surface area contributed by atoms with Crippen molar-refractivity contribution < 1.29 is 4.79 Å². The van der Waals surface area contributed by atoms with Crippen LogP contribution in [0.2, 0.25) is 0 Å². The topological polar surface area (TPSA) is 47.3 Å². The number of pyridine rings is 1. The van der Waals surface area contributed by atoms with E-state index >= 15 is 0 Å². The Labute approximate surface area is 146 Å². The van der Waals surface area contributed by atoms with Gasteiger partial charge in [0.2, 0.25) is 0 Å². The number of hydrogen-bond donors (Lipinski definition) is 0. The molecular weight excluding hydrogens is 318 g/mol. The first-order valence-corrected chi connectivity index (χ1v) is 8.85. The van der Waals surface area contributed by atoms with E-state index in [9.17, 15) is 4.79 Å². The van der Waals surface area contributed by atoms with Crippen molar-refractivity contribution in [2.75, 3.05) is 0 Å². The van der Waals surface area contributed by atoms with E-state index in [1.165, 1.54) is 17.3 Å². The Balaban J connectivity index is 1.77. The Bertz CT molecular complexity index is 862. The highest BCUT2D eigenvalue weighted by molar-refractivity contribution is 8.00. The zero-order valence-electron chi connectivity index (χ0n) is 14.4. The molecule has 0 N–H and O–H groups in total. The molecule has 0 unspecified atom stereocenters. The second-order valence-corrected chi connectivity index (χ2v) is 8.17. The standard InChI is InChI=1S/C19H21N3OS/c1-13(24-18-21-20-16-7-5-6-12-22(16)18)17(23)14-8-10-15(11-9-14)19(2,3)4/h5-13H,1-4H3/t13-/m0/s1. The van der Waals surface area contributed by atoms with E-state index in [-0.39, 0.29) is 16.4 Å². The van der Waals surface area contributed by atoms with Gasteiger partial charge in [0, 0.05) is 11.8 Å². The summed E-state index contributed by atoms with van der Waals surface area (Å²) in [6.07, 6.45) is 1.91. The summed E-state index contributed by atoms with van der Waals surface area (Å²) < 4.78 is 1.90. The molecule has 0 saturated carbocycles. The maximum atomic E-state index is 12.7. The molecular formula is C19H21N3OS. The van der Waals surface area contributed by atoms with Gasteiger partial charge in [0.1, 0.15) is 0 Å². The van der Waals surface area contributed by atoms with E-state index in [0.717, 1.165) is 16.4 Å². The van der Waals surface area contributed by atoms with Gasteiger partial charge in [-0.15, -0.1) is 10.2 Å². The van der Waals surface area contributed by atoms with Crippen molar-refractivity contribution in [3.05, 3.63) is 59.8 Å². The van der Waals surface area contributed by atoms with Crippen LogP contribution in [-0.4, -0.2) is 25.6 Å². The van der Waals surface area contributed by atoms with Crippen LogP contribution in [-0.2, 0) is 5.41 Å². The molecule has 0 aliphatic heterocycles. The number of carbonyl (C=O) groups is 1. The fourth-order valence-corrected chi connectivity index (χ4v) is 3.40. The smallest absolute Gasteiger partial charge is 0.196 e. The Kier molecular flexibility index (Phi) is 4.45. The summed E-state index contributed by atoms with van der Waals surface area (Å²) in [6.45, 7) is 8.41. The first-order chi connectivity index (χ1) is 11.4. The molecule has 5 heteroatoms. The van der Waals surface area contributed by atoms with Crippen molar-refractivity contribution in [2.45, 2.75) is 43.5 Å². The maximum absolute atomic E-state index is 12.7. The zero-order chi connectivity index (χ0) is 17.3. The van der Waals surface area contributed by atoms with Crippen LogP contribution in [0.25, 0.3) is 5.65 Å². The molecule has 0 aliphatic rings. The van der Waals surface area contributed by atoms with Gasteiger partial charge in [-0.3, -0.25) is 9.20 Å². The Morgan fingerprint density at radius 3 is 2.46 bits per heavy atom. The van der Waals surface area contributed by atoms with Crippen LogP contribution < -0.4 is 0 Å². The molecule has 0 aliphatic carbocycles. The fourth-order valence-electron chi connectivity index (χ4n) is 2.48. The van der Waals surface area contributed by atoms with Crippen molar-refractivity contribution in [1.29, 1.82) is 0 Å². The lowest BCUT2D eigenvalue weighted by Gasteiger charge is -2.19. The number of nitrogens with zero attached hydrogens (tertiary/aromatic N) is 3. The van der Waals surface area contributed by atoms with Crippen molar-refractivity contribution in [1.82, 2.24) is 14.6 Å². The SMILES string of the molecule is C[C@H](Sc1nnc2ccccn12)C(=O)c1ccc(C(C)(C)C)cc1. The molecule has 124 valence electrons. The summed E-state index contributed by atoms with van der Waals surface area (Å²) in [5.74, 6) is 0.105. The van der Waals surface area contributed by atoms with Crippen molar-refractivity contribution in [2.24, 2.45) is 0 Å². The molecule has 0 spiro atoms. The molecule has 2 heterocycles. The van der Waals surface area contributed by atoms with Gasteiger partial charge in [-0.05, 0) is 30.0 Å². The summed E-state index contributed by atoms with van der Waals surface area (Å²) >= 11 is 1.43. The first-order valence-electron chi connectivity index (χ1n) is 7.97. The number of thioether (sulfide) groups is 1. The van der Waals surface area contributed by atoms with E-state index in [1.54, 1.807) is 0 Å². The van der Waals surface area contributed by atoms with Crippen LogP contribution in [0.4, 0.5) is 0 Å². The summed E-state index contributed by atoms with van der Waals surface area (Å²) in [5.41, 5.74) is 2.83. The summed E-state index contributed by atoms with van der Waals surface area (Å²) in [4.78, 5) is 12.7. The van der Waals surface area contributed by atoms with Crippen LogP contribution in [0.5, 0.6) is 0 Å². The molecule has 0 fully saturated rings. The number of carbonyl (C=O) groups excluding carboxylic acids is 1. The highest BCUT2D eigenvalue weighted by atomic mass is 32.2. The predicted octanol–water partition coefficient (Wildman–Crippen LogP) is 4.39. The molecule has 4 nitrogen and oxygen atoms in total. The van der Waals surface area contributed by atoms with Crippen molar-refractivity contribution in [3.63, 3.8) is 0 Å². The first kappa shape index (κ1) is 16.7. The zero-order valence-corrected chi connectivity index (χ0v) is 15.2. The molecule has 0 saturated heterocycles. The van der Waals surface area contributed by atoms with Crippen LogP contribution in [0, 0.1) is 0 Å². The number of ketones is 1. The lowest BCUT2D eigenvalue weighted by molar-refractivity contribution is 0.0994. The van der Waals surface area contributed by atoms with Gasteiger partial charge >= 0.3 is 0 Å². The van der Waals surface area contributed by atoms with Gasteiger partial charge in [-0.2, -0.15) is 0 Å². The van der Waals surface area contributed by atoms with Gasteiger partial charge < -0.3 is 0 Å².